The first-order valence-corrected chi connectivity index (χ1v) is 9.99. The molecule has 0 radical (unpaired) electrons. The smallest absolute Gasteiger partial charge is 0.240 e. The normalized spacial score (nSPS) is 15.9. The van der Waals surface area contributed by atoms with Crippen molar-refractivity contribution < 1.29 is 17.9 Å². The lowest BCUT2D eigenvalue weighted by Gasteiger charge is -2.16. The van der Waals surface area contributed by atoms with Gasteiger partial charge in [0.05, 0.1) is 19.1 Å². The Balaban J connectivity index is 0.00000312. The molecule has 0 spiro atoms. The van der Waals surface area contributed by atoms with E-state index in [-0.39, 0.29) is 17.3 Å². The van der Waals surface area contributed by atoms with Crippen LogP contribution in [0.5, 0.6) is 11.5 Å². The first-order valence-electron chi connectivity index (χ1n) is 8.51. The molecule has 1 aromatic carbocycles. The molecule has 1 aliphatic rings. The average molecular weight is 393 g/mol. The second-order valence-corrected chi connectivity index (χ2v) is 7.86. The summed E-state index contributed by atoms with van der Waals surface area (Å²) in [4.78, 5) is 0.146. The minimum Gasteiger partial charge on any atom is -0.497 e. The fraction of sp³-hybridized carbons (Fsp3) is 0.647. The SMILES string of the molecule is COc1cc(OC)cc(S(=O)(=O)NCCNC2CCCCCC2)c1.Cl. The van der Waals surface area contributed by atoms with E-state index >= 15 is 0 Å². The van der Waals surface area contributed by atoms with Gasteiger partial charge in [0.1, 0.15) is 11.5 Å². The molecule has 2 N–H and O–H groups in total. The van der Waals surface area contributed by atoms with Gasteiger partial charge in [0.25, 0.3) is 0 Å². The maximum absolute atomic E-state index is 12.4. The third-order valence-electron chi connectivity index (χ3n) is 4.34. The molecule has 6 nitrogen and oxygen atoms in total. The molecule has 1 aliphatic carbocycles. The monoisotopic (exact) mass is 392 g/mol. The number of hydrogen-bond donors (Lipinski definition) is 2. The van der Waals surface area contributed by atoms with E-state index in [2.05, 4.69) is 10.0 Å². The number of sulfonamides is 1. The Morgan fingerprint density at radius 2 is 1.52 bits per heavy atom. The number of methoxy groups -OCH3 is 2. The molecule has 0 aromatic heterocycles. The van der Waals surface area contributed by atoms with Crippen molar-refractivity contribution in [2.24, 2.45) is 0 Å². The first-order chi connectivity index (χ1) is 11.5. The highest BCUT2D eigenvalue weighted by molar-refractivity contribution is 7.89. The quantitative estimate of drug-likeness (QED) is 0.525. The van der Waals surface area contributed by atoms with Gasteiger partial charge in [-0.15, -0.1) is 12.4 Å². The molecule has 0 atom stereocenters. The standard InChI is InChI=1S/C17H28N2O4S.ClH/c1-22-15-11-16(23-2)13-17(12-15)24(20,21)19-10-9-18-14-7-5-3-4-6-8-14;/h11-14,18-19H,3-10H2,1-2H3;1H. The van der Waals surface area contributed by atoms with Crippen LogP contribution in [0.3, 0.4) is 0 Å². The molecule has 8 heteroatoms. The Hall–Kier alpha value is -1.02. The van der Waals surface area contributed by atoms with Crippen molar-refractivity contribution in [1.29, 1.82) is 0 Å². The van der Waals surface area contributed by atoms with E-state index in [1.807, 2.05) is 0 Å². The maximum Gasteiger partial charge on any atom is 0.240 e. The van der Waals surface area contributed by atoms with Crippen molar-refractivity contribution in [3.05, 3.63) is 18.2 Å². The van der Waals surface area contributed by atoms with Gasteiger partial charge in [-0.3, -0.25) is 0 Å². The third kappa shape index (κ3) is 7.01. The van der Waals surface area contributed by atoms with Crippen LogP contribution in [0, 0.1) is 0 Å². The summed E-state index contributed by atoms with van der Waals surface area (Å²) >= 11 is 0. The molecular weight excluding hydrogens is 364 g/mol. The zero-order chi connectivity index (χ0) is 17.4. The topological polar surface area (TPSA) is 76.7 Å². The summed E-state index contributed by atoms with van der Waals surface area (Å²) in [5.41, 5.74) is 0. The number of nitrogens with one attached hydrogen (secondary N) is 2. The molecule has 0 heterocycles. The number of rotatable bonds is 8. The Morgan fingerprint density at radius 3 is 2.04 bits per heavy atom. The molecule has 1 saturated carbocycles. The maximum atomic E-state index is 12.4. The summed E-state index contributed by atoms with van der Waals surface area (Å²) in [6.45, 7) is 0.989. The predicted molar refractivity (Wildman–Crippen MR) is 101 cm³/mol. The van der Waals surface area contributed by atoms with Crippen LogP contribution in [-0.4, -0.2) is 41.8 Å². The van der Waals surface area contributed by atoms with Crippen LogP contribution in [0.25, 0.3) is 0 Å². The lowest BCUT2D eigenvalue weighted by atomic mass is 10.1. The van der Waals surface area contributed by atoms with Gasteiger partial charge in [0.15, 0.2) is 0 Å². The van der Waals surface area contributed by atoms with Gasteiger partial charge in [-0.25, -0.2) is 13.1 Å². The van der Waals surface area contributed by atoms with Crippen LogP contribution in [0.2, 0.25) is 0 Å². The molecule has 144 valence electrons. The van der Waals surface area contributed by atoms with Crippen molar-refractivity contribution >= 4 is 22.4 Å². The summed E-state index contributed by atoms with van der Waals surface area (Å²) < 4.78 is 37.7. The van der Waals surface area contributed by atoms with Crippen LogP contribution in [0.15, 0.2) is 23.1 Å². The third-order valence-corrected chi connectivity index (χ3v) is 5.78. The zero-order valence-corrected chi connectivity index (χ0v) is 16.5. The second-order valence-electron chi connectivity index (χ2n) is 6.09. The van der Waals surface area contributed by atoms with Gasteiger partial charge < -0.3 is 14.8 Å². The largest absolute Gasteiger partial charge is 0.497 e. The van der Waals surface area contributed by atoms with E-state index in [1.54, 1.807) is 6.07 Å². The van der Waals surface area contributed by atoms with E-state index in [9.17, 15) is 8.42 Å². The lowest BCUT2D eigenvalue weighted by Crippen LogP contribution is -2.36. The van der Waals surface area contributed by atoms with Gasteiger partial charge >= 0.3 is 0 Å². The molecule has 1 fully saturated rings. The Morgan fingerprint density at radius 1 is 0.960 bits per heavy atom. The Labute approximate surface area is 157 Å². The fourth-order valence-corrected chi connectivity index (χ4v) is 4.05. The minimum absolute atomic E-state index is 0. The van der Waals surface area contributed by atoms with Crippen LogP contribution < -0.4 is 19.5 Å². The number of halogens is 1. The van der Waals surface area contributed by atoms with E-state index < -0.39 is 10.0 Å². The van der Waals surface area contributed by atoms with Gasteiger partial charge in [-0.05, 0) is 12.8 Å². The fourth-order valence-electron chi connectivity index (χ4n) is 2.96. The summed E-state index contributed by atoms with van der Waals surface area (Å²) in [5.74, 6) is 0.901. The highest BCUT2D eigenvalue weighted by atomic mass is 35.5. The molecule has 2 rings (SSSR count). The molecule has 0 aliphatic heterocycles. The summed E-state index contributed by atoms with van der Waals surface area (Å²) in [6, 6.07) is 5.13. The molecule has 1 aromatic rings. The highest BCUT2D eigenvalue weighted by Gasteiger charge is 2.17. The lowest BCUT2D eigenvalue weighted by molar-refractivity contribution is 0.392. The van der Waals surface area contributed by atoms with Crippen molar-refractivity contribution in [3.63, 3.8) is 0 Å². The van der Waals surface area contributed by atoms with Gasteiger partial charge in [-0.1, -0.05) is 25.7 Å². The van der Waals surface area contributed by atoms with E-state index in [1.165, 1.54) is 64.9 Å². The second kappa shape index (κ2) is 10.9. The van der Waals surface area contributed by atoms with Gasteiger partial charge in [0.2, 0.25) is 10.0 Å². The van der Waals surface area contributed by atoms with Crippen molar-refractivity contribution in [2.75, 3.05) is 27.3 Å². The van der Waals surface area contributed by atoms with Crippen molar-refractivity contribution in [2.45, 2.75) is 49.5 Å². The van der Waals surface area contributed by atoms with E-state index in [0.717, 1.165) is 0 Å². The summed E-state index contributed by atoms with van der Waals surface area (Å²) in [5, 5.41) is 3.45. The van der Waals surface area contributed by atoms with E-state index in [0.29, 0.717) is 30.6 Å². The number of benzene rings is 1. The molecule has 0 saturated heterocycles. The van der Waals surface area contributed by atoms with Crippen LogP contribution in [0.1, 0.15) is 38.5 Å². The molecule has 25 heavy (non-hydrogen) atoms. The Bertz CT molecular complexity index is 595. The molecular formula is C17H29ClN2O4S. The highest BCUT2D eigenvalue weighted by Crippen LogP contribution is 2.25. The van der Waals surface area contributed by atoms with Gasteiger partial charge in [0, 0.05) is 37.3 Å². The summed E-state index contributed by atoms with van der Waals surface area (Å²) in [6.07, 6.45) is 7.49. The number of hydrogen-bond acceptors (Lipinski definition) is 5. The first kappa shape index (κ1) is 22.0. The van der Waals surface area contributed by atoms with Crippen LogP contribution in [0.4, 0.5) is 0 Å². The Kier molecular flexibility index (Phi) is 9.56. The van der Waals surface area contributed by atoms with E-state index in [4.69, 9.17) is 9.47 Å². The summed E-state index contributed by atoms with van der Waals surface area (Å²) in [7, 11) is -0.595. The zero-order valence-electron chi connectivity index (χ0n) is 14.9. The van der Waals surface area contributed by atoms with Crippen LogP contribution in [-0.2, 0) is 10.0 Å². The van der Waals surface area contributed by atoms with Crippen LogP contribution >= 0.6 is 12.4 Å². The molecule has 0 bridgehead atoms. The minimum atomic E-state index is -3.59. The van der Waals surface area contributed by atoms with Gasteiger partial charge in [-0.2, -0.15) is 0 Å². The predicted octanol–water partition coefficient (Wildman–Crippen LogP) is 2.72. The van der Waals surface area contributed by atoms with Crippen molar-refractivity contribution in [3.8, 4) is 11.5 Å². The van der Waals surface area contributed by atoms with Crippen molar-refractivity contribution in [1.82, 2.24) is 10.0 Å². The molecule has 0 amide bonds. The number of ether oxygens (including phenoxy) is 2. The average Bonchev–Trinajstić information content (AvgIpc) is 2.87. The molecule has 0 unspecified atom stereocenters.